The summed E-state index contributed by atoms with van der Waals surface area (Å²) in [5.41, 5.74) is 8.57. The van der Waals surface area contributed by atoms with Crippen molar-refractivity contribution in [1.29, 1.82) is 0 Å². The first-order valence-corrected chi connectivity index (χ1v) is 5.92. The number of nitrogen functional groups attached to an aromatic ring is 1. The third-order valence-electron chi connectivity index (χ3n) is 2.34. The Labute approximate surface area is 98.2 Å². The van der Waals surface area contributed by atoms with Crippen molar-refractivity contribution in [3.8, 4) is 0 Å². The predicted octanol–water partition coefficient (Wildman–Crippen LogP) is 2.56. The van der Waals surface area contributed by atoms with Crippen LogP contribution in [-0.2, 0) is 5.75 Å². The van der Waals surface area contributed by atoms with E-state index in [1.54, 1.807) is 18.0 Å². The molecule has 0 amide bonds. The van der Waals surface area contributed by atoms with Crippen LogP contribution in [-0.4, -0.2) is 10.1 Å². The third kappa shape index (κ3) is 2.19. The summed E-state index contributed by atoms with van der Waals surface area (Å²) in [5.74, 6) is 1.64. The van der Waals surface area contributed by atoms with E-state index in [1.165, 1.54) is 0 Å². The van der Waals surface area contributed by atoms with Gasteiger partial charge in [-0.05, 0) is 26.0 Å². The van der Waals surface area contributed by atoms with Gasteiger partial charge in [0.15, 0.2) is 0 Å². The standard InChI is InChI=1S/C11H13N3OS/c1-7-9(8(2)15-14-7)6-16-11-10(12)4-3-5-13-11/h3-5H,6,12H2,1-2H3. The minimum atomic E-state index is 0.708. The molecule has 0 spiro atoms. The predicted molar refractivity (Wildman–Crippen MR) is 64.2 cm³/mol. The maximum atomic E-state index is 5.81. The fourth-order valence-electron chi connectivity index (χ4n) is 1.37. The minimum absolute atomic E-state index is 0.708. The van der Waals surface area contributed by atoms with E-state index in [1.807, 2.05) is 26.0 Å². The number of nitrogens with two attached hydrogens (primary N) is 1. The second kappa shape index (κ2) is 4.57. The van der Waals surface area contributed by atoms with Gasteiger partial charge in [0.25, 0.3) is 0 Å². The molecule has 0 atom stereocenters. The van der Waals surface area contributed by atoms with Gasteiger partial charge in [-0.25, -0.2) is 4.98 Å². The highest BCUT2D eigenvalue weighted by molar-refractivity contribution is 7.98. The Morgan fingerprint density at radius 2 is 2.25 bits per heavy atom. The van der Waals surface area contributed by atoms with Gasteiger partial charge in [-0.15, -0.1) is 0 Å². The zero-order valence-electron chi connectivity index (χ0n) is 9.23. The minimum Gasteiger partial charge on any atom is -0.397 e. The van der Waals surface area contributed by atoms with Gasteiger partial charge >= 0.3 is 0 Å². The highest BCUT2D eigenvalue weighted by Crippen LogP contribution is 2.27. The van der Waals surface area contributed by atoms with Gasteiger partial charge in [-0.2, -0.15) is 0 Å². The molecule has 0 fully saturated rings. The van der Waals surface area contributed by atoms with E-state index in [9.17, 15) is 0 Å². The van der Waals surface area contributed by atoms with Gasteiger partial charge in [-0.3, -0.25) is 0 Å². The van der Waals surface area contributed by atoms with Crippen LogP contribution in [0.4, 0.5) is 5.69 Å². The molecule has 0 bridgehead atoms. The van der Waals surface area contributed by atoms with Crippen LogP contribution < -0.4 is 5.73 Å². The Hall–Kier alpha value is -1.49. The Morgan fingerprint density at radius 1 is 1.44 bits per heavy atom. The Morgan fingerprint density at radius 3 is 2.88 bits per heavy atom. The summed E-state index contributed by atoms with van der Waals surface area (Å²) < 4.78 is 5.10. The Bertz CT molecular complexity index is 476. The first-order chi connectivity index (χ1) is 7.68. The summed E-state index contributed by atoms with van der Waals surface area (Å²) in [6.45, 7) is 3.85. The summed E-state index contributed by atoms with van der Waals surface area (Å²) in [6, 6.07) is 3.68. The van der Waals surface area contributed by atoms with E-state index < -0.39 is 0 Å². The fraction of sp³-hybridized carbons (Fsp3) is 0.273. The largest absolute Gasteiger partial charge is 0.397 e. The second-order valence-electron chi connectivity index (χ2n) is 3.49. The number of aryl methyl sites for hydroxylation is 2. The third-order valence-corrected chi connectivity index (χ3v) is 3.38. The SMILES string of the molecule is Cc1noc(C)c1CSc1ncccc1N. The van der Waals surface area contributed by atoms with Crippen molar-refractivity contribution in [2.24, 2.45) is 0 Å². The van der Waals surface area contributed by atoms with Crippen molar-refractivity contribution in [1.82, 2.24) is 10.1 Å². The maximum absolute atomic E-state index is 5.81. The van der Waals surface area contributed by atoms with Gasteiger partial charge in [0.1, 0.15) is 10.8 Å². The molecule has 0 aliphatic carbocycles. The normalized spacial score (nSPS) is 10.6. The van der Waals surface area contributed by atoms with Crippen molar-refractivity contribution >= 4 is 17.4 Å². The molecule has 0 radical (unpaired) electrons. The van der Waals surface area contributed by atoms with Crippen molar-refractivity contribution in [2.75, 3.05) is 5.73 Å². The van der Waals surface area contributed by atoms with Crippen LogP contribution >= 0.6 is 11.8 Å². The summed E-state index contributed by atoms with van der Waals surface area (Å²) in [5, 5.41) is 4.76. The quantitative estimate of drug-likeness (QED) is 0.828. The molecule has 0 aliphatic rings. The average Bonchev–Trinajstić information content (AvgIpc) is 2.58. The van der Waals surface area contributed by atoms with Gasteiger partial charge in [0.05, 0.1) is 11.4 Å². The number of thioether (sulfide) groups is 1. The molecule has 2 heterocycles. The maximum Gasteiger partial charge on any atom is 0.137 e. The molecule has 2 aromatic rings. The summed E-state index contributed by atoms with van der Waals surface area (Å²) >= 11 is 1.60. The number of rotatable bonds is 3. The molecule has 0 saturated heterocycles. The summed E-state index contributed by atoms with van der Waals surface area (Å²) in [4.78, 5) is 4.22. The first kappa shape index (κ1) is 11.0. The van der Waals surface area contributed by atoms with Crippen molar-refractivity contribution in [2.45, 2.75) is 24.6 Å². The Kier molecular flexibility index (Phi) is 3.14. The number of nitrogens with zero attached hydrogens (tertiary/aromatic N) is 2. The first-order valence-electron chi connectivity index (χ1n) is 4.93. The van der Waals surface area contributed by atoms with Crippen LogP contribution in [0.2, 0.25) is 0 Å². The number of aromatic nitrogens is 2. The molecule has 0 aliphatic heterocycles. The molecular formula is C11H13N3OS. The number of hydrogen-bond donors (Lipinski definition) is 1. The molecule has 5 heteroatoms. The Balaban J connectivity index is 2.11. The van der Waals surface area contributed by atoms with E-state index in [0.717, 1.165) is 27.8 Å². The lowest BCUT2D eigenvalue weighted by Gasteiger charge is -2.03. The molecule has 0 saturated carbocycles. The van der Waals surface area contributed by atoms with Gasteiger partial charge in [0, 0.05) is 17.5 Å². The van der Waals surface area contributed by atoms with Crippen LogP contribution in [0, 0.1) is 13.8 Å². The molecule has 0 unspecified atom stereocenters. The van der Waals surface area contributed by atoms with Gasteiger partial charge in [0.2, 0.25) is 0 Å². The smallest absolute Gasteiger partial charge is 0.137 e. The number of anilines is 1. The fourth-order valence-corrected chi connectivity index (χ4v) is 2.44. The highest BCUT2D eigenvalue weighted by atomic mass is 32.2. The number of hydrogen-bond acceptors (Lipinski definition) is 5. The molecule has 4 nitrogen and oxygen atoms in total. The summed E-state index contributed by atoms with van der Waals surface area (Å²) in [7, 11) is 0. The van der Waals surface area contributed by atoms with Gasteiger partial charge in [-0.1, -0.05) is 16.9 Å². The van der Waals surface area contributed by atoms with E-state index in [0.29, 0.717) is 5.69 Å². The zero-order chi connectivity index (χ0) is 11.5. The van der Waals surface area contributed by atoms with Crippen LogP contribution in [0.25, 0.3) is 0 Å². The van der Waals surface area contributed by atoms with E-state index >= 15 is 0 Å². The topological polar surface area (TPSA) is 64.9 Å². The lowest BCUT2D eigenvalue weighted by atomic mass is 10.2. The molecular weight excluding hydrogens is 222 g/mol. The second-order valence-corrected chi connectivity index (χ2v) is 4.45. The van der Waals surface area contributed by atoms with Crippen molar-refractivity contribution < 1.29 is 4.52 Å². The summed E-state index contributed by atoms with van der Waals surface area (Å²) in [6.07, 6.45) is 1.74. The molecule has 2 rings (SSSR count). The molecule has 16 heavy (non-hydrogen) atoms. The van der Waals surface area contributed by atoms with E-state index in [4.69, 9.17) is 10.3 Å². The van der Waals surface area contributed by atoms with E-state index in [2.05, 4.69) is 10.1 Å². The molecule has 2 N–H and O–H groups in total. The van der Waals surface area contributed by atoms with Gasteiger partial charge < -0.3 is 10.3 Å². The molecule has 0 aromatic carbocycles. The average molecular weight is 235 g/mol. The van der Waals surface area contributed by atoms with Crippen LogP contribution in [0.3, 0.4) is 0 Å². The molecule has 2 aromatic heterocycles. The monoisotopic (exact) mass is 235 g/mol. The molecule has 84 valence electrons. The van der Waals surface area contributed by atoms with Crippen molar-refractivity contribution in [3.05, 3.63) is 35.3 Å². The lowest BCUT2D eigenvalue weighted by Crippen LogP contribution is -1.92. The van der Waals surface area contributed by atoms with Crippen LogP contribution in [0.5, 0.6) is 0 Å². The van der Waals surface area contributed by atoms with Crippen LogP contribution in [0.15, 0.2) is 27.9 Å². The number of pyridine rings is 1. The lowest BCUT2D eigenvalue weighted by molar-refractivity contribution is 0.392. The highest BCUT2D eigenvalue weighted by Gasteiger charge is 2.10. The zero-order valence-corrected chi connectivity index (χ0v) is 10.0. The van der Waals surface area contributed by atoms with Crippen molar-refractivity contribution in [3.63, 3.8) is 0 Å². The van der Waals surface area contributed by atoms with E-state index in [-0.39, 0.29) is 0 Å². The van der Waals surface area contributed by atoms with Crippen LogP contribution in [0.1, 0.15) is 17.0 Å².